The highest BCUT2D eigenvalue weighted by atomic mass is 28.4. The Morgan fingerprint density at radius 2 is 1.46 bits per heavy atom. The topological polar surface area (TPSA) is 67.5 Å². The second-order valence-electron chi connectivity index (χ2n) is 8.97. The molecule has 0 amide bonds. The molecule has 0 radical (unpaired) electrons. The highest BCUT2D eigenvalue weighted by Gasteiger charge is 2.37. The van der Waals surface area contributed by atoms with Crippen molar-refractivity contribution >= 4 is 25.5 Å². The van der Waals surface area contributed by atoms with Crippen LogP contribution >= 0.6 is 0 Å². The predicted octanol–water partition coefficient (Wildman–Crippen LogP) is 3.91. The Labute approximate surface area is 169 Å². The fourth-order valence-corrected chi connectivity index (χ4v) is 3.91. The van der Waals surface area contributed by atoms with E-state index in [-0.39, 0.29) is 5.04 Å². The molecule has 0 unspecified atom stereocenters. The summed E-state index contributed by atoms with van der Waals surface area (Å²) in [5, 5.41) is 0.215. The fourth-order valence-electron chi connectivity index (χ4n) is 2.97. The van der Waals surface area contributed by atoms with Crippen LogP contribution < -0.4 is 15.5 Å². The number of hydrogen-bond donors (Lipinski definition) is 1. The Hall–Kier alpha value is -2.12. The zero-order chi connectivity index (χ0) is 20.4. The van der Waals surface area contributed by atoms with Crippen molar-refractivity contribution < 1.29 is 4.43 Å². The van der Waals surface area contributed by atoms with Crippen LogP contribution in [0.5, 0.6) is 0 Å². The maximum Gasteiger partial charge on any atom is 0.192 e. The number of nitrogens with zero attached hydrogens (tertiary/aromatic N) is 4. The average molecular weight is 400 g/mol. The first-order chi connectivity index (χ1) is 13.2. The molecule has 0 aliphatic carbocycles. The molecule has 0 spiro atoms. The van der Waals surface area contributed by atoms with Gasteiger partial charge in [0, 0.05) is 26.2 Å². The first-order valence-corrected chi connectivity index (χ1v) is 12.9. The predicted molar refractivity (Wildman–Crippen MR) is 119 cm³/mol. The van der Waals surface area contributed by atoms with Gasteiger partial charge in [0.05, 0.1) is 36.1 Å². The van der Waals surface area contributed by atoms with Crippen molar-refractivity contribution in [2.75, 3.05) is 41.7 Å². The van der Waals surface area contributed by atoms with E-state index in [1.165, 1.54) is 5.69 Å². The fraction of sp³-hybridized carbons (Fsp3) is 0.524. The molecule has 2 aromatic rings. The molecule has 2 aromatic heterocycles. The lowest BCUT2D eigenvalue weighted by atomic mass is 10.2. The lowest BCUT2D eigenvalue weighted by Crippen LogP contribution is -2.46. The number of nitrogen functional groups attached to an aromatic ring is 1. The smallest absolute Gasteiger partial charge is 0.192 e. The minimum absolute atomic E-state index is 0.215. The largest absolute Gasteiger partial charge is 0.411 e. The molecule has 3 rings (SSSR count). The van der Waals surface area contributed by atoms with Gasteiger partial charge < -0.3 is 20.0 Å². The van der Waals surface area contributed by atoms with Gasteiger partial charge in [-0.15, -0.1) is 0 Å². The molecule has 0 saturated carbocycles. The SMILES string of the molecule is CC(C)(C)[Si](C)(C)OCc1ccc(N2CCN(c3ccc(N)nc3)CC2)cn1. The van der Waals surface area contributed by atoms with E-state index in [4.69, 9.17) is 10.2 Å². The molecule has 3 heterocycles. The van der Waals surface area contributed by atoms with Crippen LogP contribution in [-0.4, -0.2) is 44.5 Å². The molecule has 0 bridgehead atoms. The number of pyridine rings is 2. The quantitative estimate of drug-likeness (QED) is 0.769. The third kappa shape index (κ3) is 4.83. The van der Waals surface area contributed by atoms with E-state index in [0.717, 1.165) is 37.6 Å². The van der Waals surface area contributed by atoms with E-state index in [9.17, 15) is 0 Å². The third-order valence-corrected chi connectivity index (χ3v) is 10.5. The minimum atomic E-state index is -1.75. The molecule has 0 aromatic carbocycles. The second kappa shape index (κ2) is 8.09. The molecule has 1 fully saturated rings. The van der Waals surface area contributed by atoms with Crippen molar-refractivity contribution in [2.24, 2.45) is 0 Å². The molecule has 0 atom stereocenters. The van der Waals surface area contributed by atoms with Crippen LogP contribution in [0.3, 0.4) is 0 Å². The summed E-state index contributed by atoms with van der Waals surface area (Å²) in [4.78, 5) is 13.6. The first-order valence-electron chi connectivity index (χ1n) is 9.96. The van der Waals surface area contributed by atoms with Crippen molar-refractivity contribution in [3.05, 3.63) is 42.4 Å². The third-order valence-electron chi connectivity index (χ3n) is 5.98. The van der Waals surface area contributed by atoms with Crippen molar-refractivity contribution in [1.82, 2.24) is 9.97 Å². The molecular formula is C21H33N5OSi. The van der Waals surface area contributed by atoms with Crippen molar-refractivity contribution in [3.8, 4) is 0 Å². The number of nitrogens with two attached hydrogens (primary N) is 1. The summed E-state index contributed by atoms with van der Waals surface area (Å²) in [6.07, 6.45) is 3.83. The van der Waals surface area contributed by atoms with Crippen molar-refractivity contribution in [2.45, 2.75) is 45.5 Å². The molecule has 1 aliphatic heterocycles. The van der Waals surface area contributed by atoms with Crippen LogP contribution in [0, 0.1) is 0 Å². The Morgan fingerprint density at radius 3 is 1.89 bits per heavy atom. The zero-order valence-corrected chi connectivity index (χ0v) is 18.8. The van der Waals surface area contributed by atoms with Crippen LogP contribution in [0.4, 0.5) is 17.2 Å². The maximum absolute atomic E-state index is 6.28. The number of aromatic nitrogens is 2. The van der Waals surface area contributed by atoms with E-state index < -0.39 is 8.32 Å². The van der Waals surface area contributed by atoms with Crippen molar-refractivity contribution in [3.63, 3.8) is 0 Å². The monoisotopic (exact) mass is 399 g/mol. The van der Waals surface area contributed by atoms with Crippen LogP contribution in [0.1, 0.15) is 26.5 Å². The normalized spacial score (nSPS) is 15.8. The van der Waals surface area contributed by atoms with Crippen LogP contribution in [0.15, 0.2) is 36.7 Å². The molecule has 28 heavy (non-hydrogen) atoms. The van der Waals surface area contributed by atoms with Gasteiger partial charge in [-0.2, -0.15) is 0 Å². The molecule has 7 heteroatoms. The summed E-state index contributed by atoms with van der Waals surface area (Å²) in [6.45, 7) is 15.8. The van der Waals surface area contributed by atoms with Gasteiger partial charge in [-0.3, -0.25) is 4.98 Å². The lowest BCUT2D eigenvalue weighted by Gasteiger charge is -2.37. The van der Waals surface area contributed by atoms with E-state index in [1.807, 2.05) is 24.5 Å². The van der Waals surface area contributed by atoms with E-state index >= 15 is 0 Å². The number of hydrogen-bond acceptors (Lipinski definition) is 6. The highest BCUT2D eigenvalue weighted by Crippen LogP contribution is 2.37. The Bertz CT molecular complexity index is 763. The summed E-state index contributed by atoms with van der Waals surface area (Å²) in [7, 11) is -1.75. The van der Waals surface area contributed by atoms with Crippen LogP contribution in [-0.2, 0) is 11.0 Å². The standard InChI is InChI=1S/C21H33N5OSi/c1-21(2,3)28(4,5)27-16-17-6-7-18(14-23-17)25-10-12-26(13-11-25)19-8-9-20(22)24-15-19/h6-9,14-15H,10-13,16H2,1-5H3,(H2,22,24). The summed E-state index contributed by atoms with van der Waals surface area (Å²) in [5.41, 5.74) is 8.98. The summed E-state index contributed by atoms with van der Waals surface area (Å²) >= 11 is 0. The lowest BCUT2D eigenvalue weighted by molar-refractivity contribution is 0.272. The maximum atomic E-state index is 6.28. The van der Waals surface area contributed by atoms with E-state index in [1.54, 1.807) is 0 Å². The molecule has 6 nitrogen and oxygen atoms in total. The van der Waals surface area contributed by atoms with E-state index in [2.05, 4.69) is 65.8 Å². The first kappa shape index (κ1) is 20.6. The molecule has 1 saturated heterocycles. The molecule has 2 N–H and O–H groups in total. The summed E-state index contributed by atoms with van der Waals surface area (Å²) < 4.78 is 6.28. The van der Waals surface area contributed by atoms with Crippen LogP contribution in [0.25, 0.3) is 0 Å². The van der Waals surface area contributed by atoms with Gasteiger partial charge in [0.2, 0.25) is 0 Å². The number of anilines is 3. The Morgan fingerprint density at radius 1 is 0.929 bits per heavy atom. The second-order valence-corrected chi connectivity index (χ2v) is 13.8. The van der Waals surface area contributed by atoms with E-state index in [0.29, 0.717) is 12.4 Å². The summed E-state index contributed by atoms with van der Waals surface area (Å²) in [5.74, 6) is 0.561. The Balaban J connectivity index is 1.54. The summed E-state index contributed by atoms with van der Waals surface area (Å²) in [6, 6.07) is 8.16. The Kier molecular flexibility index (Phi) is 5.95. The van der Waals surface area contributed by atoms with Gasteiger partial charge in [-0.05, 0) is 42.4 Å². The van der Waals surface area contributed by atoms with Gasteiger partial charge in [-0.25, -0.2) is 4.98 Å². The molecule has 1 aliphatic rings. The number of piperazine rings is 1. The van der Waals surface area contributed by atoms with Gasteiger partial charge in [0.15, 0.2) is 8.32 Å². The van der Waals surface area contributed by atoms with Gasteiger partial charge in [-0.1, -0.05) is 20.8 Å². The molecular weight excluding hydrogens is 366 g/mol. The van der Waals surface area contributed by atoms with Gasteiger partial charge >= 0.3 is 0 Å². The highest BCUT2D eigenvalue weighted by molar-refractivity contribution is 6.74. The van der Waals surface area contributed by atoms with Crippen LogP contribution in [0.2, 0.25) is 18.1 Å². The van der Waals surface area contributed by atoms with Gasteiger partial charge in [0.1, 0.15) is 5.82 Å². The molecule has 152 valence electrons. The zero-order valence-electron chi connectivity index (χ0n) is 17.8. The average Bonchev–Trinajstić information content (AvgIpc) is 2.67. The minimum Gasteiger partial charge on any atom is -0.411 e. The van der Waals surface area contributed by atoms with Crippen molar-refractivity contribution in [1.29, 1.82) is 0 Å². The number of rotatable bonds is 5. The van der Waals surface area contributed by atoms with Gasteiger partial charge in [0.25, 0.3) is 0 Å².